The molecule has 42 valence electrons. The molecule has 0 aromatic carbocycles. The first-order valence-electron chi connectivity index (χ1n) is 1.55. The molecule has 0 saturated heterocycles. The number of carboxylic acids is 1. The van der Waals surface area contributed by atoms with Crippen molar-refractivity contribution in [1.82, 2.24) is 0 Å². The van der Waals surface area contributed by atoms with Gasteiger partial charge in [0.1, 0.15) is 11.6 Å². The third-order valence-electron chi connectivity index (χ3n) is 0. The van der Waals surface area contributed by atoms with E-state index in [9.17, 15) is 0 Å². The van der Waals surface area contributed by atoms with E-state index in [1.54, 1.807) is 0 Å². The number of hydrogen-bond donors (Lipinski definition) is 0. The van der Waals surface area contributed by atoms with Crippen LogP contribution in [0.1, 0.15) is 6.92 Å². The van der Waals surface area contributed by atoms with Gasteiger partial charge in [-0.15, -0.1) is 0 Å². The van der Waals surface area contributed by atoms with Crippen LogP contribution in [0.15, 0.2) is 12.1 Å². The van der Waals surface area contributed by atoms with Gasteiger partial charge in [-0.1, -0.05) is 0 Å². The highest BCUT2D eigenvalue weighted by Gasteiger charge is 1.46. The van der Waals surface area contributed by atoms with E-state index in [2.05, 4.69) is 18.2 Å². The van der Waals surface area contributed by atoms with Gasteiger partial charge in [-0.05, 0) is 13.5 Å². The summed E-state index contributed by atoms with van der Waals surface area (Å²) in [7, 11) is 0. The molecule has 0 fully saturated rings. The summed E-state index contributed by atoms with van der Waals surface area (Å²) in [6.45, 7) is 4.15. The van der Waals surface area contributed by atoms with E-state index in [4.69, 9.17) is 9.90 Å². The van der Waals surface area contributed by atoms with Gasteiger partial charge in [0, 0.05) is 5.97 Å². The molecule has 7 heavy (non-hydrogen) atoms. The highest BCUT2D eigenvalue weighted by molar-refractivity contribution is 5.60. The van der Waals surface area contributed by atoms with Gasteiger partial charge in [-0.25, -0.2) is 0 Å². The summed E-state index contributed by atoms with van der Waals surface area (Å²) in [6, 6.07) is 0. The molecule has 0 aliphatic rings. The van der Waals surface area contributed by atoms with Crippen LogP contribution < -0.4 is 5.11 Å². The standard InChI is InChI=1S/C2H4Cl.C2H4O2/c1-2-3;1-2(3)4/h2-3H,1H2;1H3,(H,3,4)/q+1;/p-1. The zero-order valence-corrected chi connectivity index (χ0v) is 4.83. The van der Waals surface area contributed by atoms with Crippen LogP contribution in [0, 0.1) is 11.6 Å². The van der Waals surface area contributed by atoms with Crippen molar-refractivity contribution in [1.29, 1.82) is 0 Å². The zero-order valence-electron chi connectivity index (χ0n) is 4.01. The Kier molecular flexibility index (Phi) is 12.6. The lowest BCUT2D eigenvalue weighted by atomic mass is 10.9. The molecule has 0 radical (unpaired) electrons. The van der Waals surface area contributed by atoms with Gasteiger partial charge in [-0.3, -0.25) is 0 Å². The second-order valence-electron chi connectivity index (χ2n) is 0.658. The van der Waals surface area contributed by atoms with Crippen LogP contribution in [0.5, 0.6) is 0 Å². The fourth-order valence-corrected chi connectivity index (χ4v) is 0. The van der Waals surface area contributed by atoms with E-state index >= 15 is 0 Å². The minimum Gasteiger partial charge on any atom is -0.550 e. The summed E-state index contributed by atoms with van der Waals surface area (Å²) < 4.78 is 0. The molecule has 0 bridgehead atoms. The van der Waals surface area contributed by atoms with Crippen molar-refractivity contribution in [3.63, 3.8) is 0 Å². The van der Waals surface area contributed by atoms with Crippen molar-refractivity contribution in [2.45, 2.75) is 6.92 Å². The van der Waals surface area contributed by atoms with Crippen molar-refractivity contribution >= 4 is 5.97 Å². The van der Waals surface area contributed by atoms with E-state index in [-0.39, 0.29) is 0 Å². The molecule has 0 aliphatic carbocycles. The van der Waals surface area contributed by atoms with Gasteiger partial charge in [-0.2, -0.15) is 0 Å². The normalized spacial score (nSPS) is 5.43. The summed E-state index contributed by atoms with van der Waals surface area (Å²) in [4.78, 5) is 8.89. The molecular weight excluding hydrogens is 115 g/mol. The maximum Gasteiger partial charge on any atom is 0.183 e. The molecule has 0 aromatic heterocycles. The zero-order chi connectivity index (χ0) is 6.28. The number of carbonyl (C=O) groups is 1. The monoisotopic (exact) mass is 122 g/mol. The first-order chi connectivity index (χ1) is 3.15. The maximum atomic E-state index is 8.89. The minimum absolute atomic E-state index is 0.972. The number of carbonyl (C=O) groups excluding carboxylic acids is 1. The second kappa shape index (κ2) is 9.09. The predicted molar refractivity (Wildman–Crippen MR) is 22.3 cm³/mol. The molecule has 0 aliphatic heterocycles. The Hall–Kier alpha value is -0.500. The Balaban J connectivity index is 0. The molecule has 2 nitrogen and oxygen atoms in total. The lowest BCUT2D eigenvalue weighted by Crippen LogP contribution is -2.16. The van der Waals surface area contributed by atoms with Crippen molar-refractivity contribution in [3.8, 4) is 0 Å². The van der Waals surface area contributed by atoms with Gasteiger partial charge in [0.25, 0.3) is 0 Å². The SMILES string of the molecule is C=C[ClH+].CC(=O)[O-]. The molecule has 0 amide bonds. The Morgan fingerprint density at radius 3 is 2.00 bits per heavy atom. The molecule has 0 rings (SSSR count). The fraction of sp³-hybridized carbons (Fsp3) is 0.250. The van der Waals surface area contributed by atoms with Crippen molar-refractivity contribution in [3.05, 3.63) is 12.1 Å². The van der Waals surface area contributed by atoms with Crippen LogP contribution in [-0.2, 0) is 4.79 Å². The molecule has 0 spiro atoms. The molecule has 0 N–H and O–H groups in total. The van der Waals surface area contributed by atoms with Gasteiger partial charge < -0.3 is 9.90 Å². The molecule has 0 heterocycles. The summed E-state index contributed by atoms with van der Waals surface area (Å²) >= 11 is 4.16. The van der Waals surface area contributed by atoms with Crippen molar-refractivity contribution < 1.29 is 21.5 Å². The Labute approximate surface area is 47.4 Å². The smallest absolute Gasteiger partial charge is 0.183 e. The summed E-state index contributed by atoms with van der Waals surface area (Å²) in [5, 5.41) is 8.89. The van der Waals surface area contributed by atoms with E-state index in [0.29, 0.717) is 0 Å². The number of carboxylic acid groups (broad SMARTS) is 1. The van der Waals surface area contributed by atoms with Crippen LogP contribution >= 0.6 is 0 Å². The molecule has 0 atom stereocenters. The maximum absolute atomic E-state index is 8.89. The third-order valence-corrected chi connectivity index (χ3v) is 0. The Morgan fingerprint density at radius 2 is 2.00 bits per heavy atom. The minimum atomic E-state index is -1.08. The van der Waals surface area contributed by atoms with E-state index in [1.807, 2.05) is 0 Å². The Morgan fingerprint density at radius 1 is 2.00 bits per heavy atom. The molecule has 0 aromatic rings. The van der Waals surface area contributed by atoms with Crippen LogP contribution in [0.4, 0.5) is 0 Å². The molecular formula is C4H7ClO2. The average molecular weight is 123 g/mol. The highest BCUT2D eigenvalue weighted by Crippen LogP contribution is 1.33. The van der Waals surface area contributed by atoms with Crippen LogP contribution in [0.3, 0.4) is 0 Å². The third kappa shape index (κ3) is 270. The van der Waals surface area contributed by atoms with Crippen LogP contribution in [0.2, 0.25) is 0 Å². The van der Waals surface area contributed by atoms with Crippen molar-refractivity contribution in [2.75, 3.05) is 0 Å². The van der Waals surface area contributed by atoms with Gasteiger partial charge >= 0.3 is 0 Å². The average Bonchev–Trinajstić information content (AvgIpc) is 1.33. The molecule has 3 heteroatoms. The first kappa shape index (κ1) is 9.71. The quantitative estimate of drug-likeness (QED) is 0.421. The lowest BCUT2D eigenvalue weighted by Gasteiger charge is -1.77. The number of aliphatic carboxylic acids is 1. The summed E-state index contributed by atoms with van der Waals surface area (Å²) in [5.41, 5.74) is 1.33. The van der Waals surface area contributed by atoms with Crippen LogP contribution in [0.25, 0.3) is 0 Å². The Bertz CT molecular complexity index is 56.7. The summed E-state index contributed by atoms with van der Waals surface area (Å²) in [6.07, 6.45) is 0. The fourth-order valence-electron chi connectivity index (χ4n) is 0. The van der Waals surface area contributed by atoms with E-state index < -0.39 is 5.97 Å². The van der Waals surface area contributed by atoms with Gasteiger partial charge in [0.2, 0.25) is 0 Å². The topological polar surface area (TPSA) is 40.1 Å². The molecule has 0 saturated carbocycles. The van der Waals surface area contributed by atoms with Crippen molar-refractivity contribution in [2.24, 2.45) is 0 Å². The van der Waals surface area contributed by atoms with Gasteiger partial charge in [0.15, 0.2) is 5.54 Å². The van der Waals surface area contributed by atoms with E-state index in [1.165, 1.54) is 5.54 Å². The lowest BCUT2D eigenvalue weighted by molar-refractivity contribution is -0.302. The first-order valence-corrected chi connectivity index (χ1v) is 2.02. The summed E-state index contributed by atoms with van der Waals surface area (Å²) in [5.74, 6) is -1.08. The van der Waals surface area contributed by atoms with Gasteiger partial charge in [0.05, 0.1) is 0 Å². The van der Waals surface area contributed by atoms with E-state index in [0.717, 1.165) is 6.92 Å². The largest absolute Gasteiger partial charge is 0.550 e. The number of rotatable bonds is 0. The number of hydrogen-bond acceptors (Lipinski definition) is 2. The number of halogens is 1. The predicted octanol–water partition coefficient (Wildman–Crippen LogP) is -0.832. The second-order valence-corrected chi connectivity index (χ2v) is 0.992. The highest BCUT2D eigenvalue weighted by atomic mass is 35.5. The molecule has 0 unspecified atom stereocenters. The van der Waals surface area contributed by atoms with Crippen LogP contribution in [-0.4, -0.2) is 5.97 Å².